The molecule has 0 aliphatic rings. The van der Waals surface area contributed by atoms with Crippen LogP contribution in [0.4, 0.5) is 0 Å². The van der Waals surface area contributed by atoms with Gasteiger partial charge in [0.25, 0.3) is 0 Å². The van der Waals surface area contributed by atoms with Crippen LogP contribution in [0.5, 0.6) is 0 Å². The largest absolute Gasteiger partial charge is 0.462 e. The molecule has 6 heteroatoms. The van der Waals surface area contributed by atoms with Crippen LogP contribution in [-0.2, 0) is 11.3 Å². The molecule has 0 saturated heterocycles. The Morgan fingerprint density at radius 3 is 2.62 bits per heavy atom. The lowest BCUT2D eigenvalue weighted by Crippen LogP contribution is -2.18. The van der Waals surface area contributed by atoms with E-state index in [2.05, 4.69) is 9.97 Å². The number of carbonyl (C=O) groups excluding carboxylic acids is 1. The summed E-state index contributed by atoms with van der Waals surface area (Å²) < 4.78 is 7.11. The van der Waals surface area contributed by atoms with Crippen molar-refractivity contribution in [2.45, 2.75) is 19.9 Å². The Morgan fingerprint density at radius 1 is 1.04 bits per heavy atom. The van der Waals surface area contributed by atoms with Gasteiger partial charge < -0.3 is 14.7 Å². The zero-order valence-electron chi connectivity index (χ0n) is 14.4. The Kier molecular flexibility index (Phi) is 4.08. The second-order valence-electron chi connectivity index (χ2n) is 6.26. The number of para-hydroxylation sites is 3. The highest BCUT2D eigenvalue weighted by molar-refractivity contribution is 6.05. The lowest BCUT2D eigenvalue weighted by Gasteiger charge is -2.06. The van der Waals surface area contributed by atoms with Gasteiger partial charge in [-0.1, -0.05) is 30.3 Å². The van der Waals surface area contributed by atoms with E-state index in [0.29, 0.717) is 18.5 Å². The fraction of sp³-hybridized carbons (Fsp3) is 0.200. The van der Waals surface area contributed by atoms with Crippen molar-refractivity contribution in [2.24, 2.45) is 0 Å². The molecule has 0 saturated carbocycles. The molecule has 2 N–H and O–H groups in total. The quantitative estimate of drug-likeness (QED) is 0.428. The summed E-state index contributed by atoms with van der Waals surface area (Å²) in [4.78, 5) is 30.5. The molecule has 4 aromatic rings. The summed E-state index contributed by atoms with van der Waals surface area (Å²) in [6.07, 6.45) is 0.564. The van der Waals surface area contributed by atoms with E-state index in [4.69, 9.17) is 4.74 Å². The lowest BCUT2D eigenvalue weighted by atomic mass is 10.1. The van der Waals surface area contributed by atoms with Crippen LogP contribution in [0.3, 0.4) is 0 Å². The molecule has 0 atom stereocenters. The molecule has 0 spiro atoms. The highest BCUT2D eigenvalue weighted by atomic mass is 16.5. The Bertz CT molecular complexity index is 1150. The predicted molar refractivity (Wildman–Crippen MR) is 100 cm³/mol. The molecule has 132 valence electrons. The van der Waals surface area contributed by atoms with Crippen LogP contribution >= 0.6 is 0 Å². The first-order chi connectivity index (χ1) is 12.6. The number of carbonyl (C=O) groups is 1. The molecule has 0 aliphatic carbocycles. The third-order valence-electron chi connectivity index (χ3n) is 4.54. The molecule has 6 nitrogen and oxygen atoms in total. The maximum absolute atomic E-state index is 12.5. The number of aromatic amines is 2. The normalized spacial score (nSPS) is 11.3. The molecular formula is C20H19N3O3. The molecule has 0 unspecified atom stereocenters. The minimum Gasteiger partial charge on any atom is -0.462 e. The number of esters is 1. The third-order valence-corrected chi connectivity index (χ3v) is 4.54. The number of H-pyrrole nitrogens is 2. The minimum absolute atomic E-state index is 0.148. The molecule has 26 heavy (non-hydrogen) atoms. The van der Waals surface area contributed by atoms with Crippen molar-refractivity contribution in [2.75, 3.05) is 6.61 Å². The molecule has 2 aromatic heterocycles. The molecule has 0 radical (unpaired) electrons. The summed E-state index contributed by atoms with van der Waals surface area (Å²) in [6, 6.07) is 15.2. The average Bonchev–Trinajstić information content (AvgIpc) is 3.14. The van der Waals surface area contributed by atoms with Gasteiger partial charge in [-0.25, -0.2) is 9.59 Å². The van der Waals surface area contributed by atoms with Crippen molar-refractivity contribution in [3.8, 4) is 0 Å². The van der Waals surface area contributed by atoms with Crippen LogP contribution in [0.1, 0.15) is 22.5 Å². The summed E-state index contributed by atoms with van der Waals surface area (Å²) in [6.45, 7) is 2.61. The van der Waals surface area contributed by atoms with Crippen molar-refractivity contribution in [1.29, 1.82) is 0 Å². The number of aryl methyl sites for hydroxylation is 2. The van der Waals surface area contributed by atoms with E-state index >= 15 is 0 Å². The first-order valence-corrected chi connectivity index (χ1v) is 8.57. The van der Waals surface area contributed by atoms with Gasteiger partial charge in [0.05, 0.1) is 23.2 Å². The fourth-order valence-electron chi connectivity index (χ4n) is 3.33. The van der Waals surface area contributed by atoms with E-state index in [1.807, 2.05) is 55.5 Å². The van der Waals surface area contributed by atoms with Gasteiger partial charge in [0.2, 0.25) is 0 Å². The first kappa shape index (κ1) is 16.2. The standard InChI is InChI=1S/C20H19N3O3/c1-13-18(14-7-2-3-8-15(14)21-13)19(24)26-12-6-11-23-17-10-5-4-9-16(17)22-20(23)25/h2-5,7-10,21H,6,11-12H2,1H3,(H,22,25). The van der Waals surface area contributed by atoms with Gasteiger partial charge in [0.15, 0.2) is 0 Å². The van der Waals surface area contributed by atoms with Gasteiger partial charge in [0.1, 0.15) is 0 Å². The van der Waals surface area contributed by atoms with Crippen molar-refractivity contribution in [3.05, 3.63) is 70.3 Å². The molecular weight excluding hydrogens is 330 g/mol. The number of imidazole rings is 1. The van der Waals surface area contributed by atoms with Crippen LogP contribution < -0.4 is 5.69 Å². The van der Waals surface area contributed by atoms with E-state index < -0.39 is 0 Å². The molecule has 0 aliphatic heterocycles. The van der Waals surface area contributed by atoms with Crippen LogP contribution in [-0.4, -0.2) is 27.1 Å². The Balaban J connectivity index is 1.43. The fourth-order valence-corrected chi connectivity index (χ4v) is 3.33. The zero-order chi connectivity index (χ0) is 18.1. The van der Waals surface area contributed by atoms with Crippen LogP contribution in [0.25, 0.3) is 21.9 Å². The molecule has 0 bridgehead atoms. The van der Waals surface area contributed by atoms with Crippen LogP contribution in [0.2, 0.25) is 0 Å². The molecule has 0 fully saturated rings. The number of hydrogen-bond acceptors (Lipinski definition) is 3. The van der Waals surface area contributed by atoms with Gasteiger partial charge in [0, 0.05) is 23.1 Å². The minimum atomic E-state index is -0.341. The van der Waals surface area contributed by atoms with Crippen molar-refractivity contribution in [3.63, 3.8) is 0 Å². The highest BCUT2D eigenvalue weighted by Crippen LogP contribution is 2.22. The van der Waals surface area contributed by atoms with E-state index in [1.54, 1.807) is 4.57 Å². The van der Waals surface area contributed by atoms with E-state index in [-0.39, 0.29) is 18.3 Å². The molecule has 2 heterocycles. The maximum Gasteiger partial charge on any atom is 0.340 e. The number of nitrogens with one attached hydrogen (secondary N) is 2. The number of benzene rings is 2. The maximum atomic E-state index is 12.5. The number of rotatable bonds is 5. The number of fused-ring (bicyclic) bond motifs is 2. The van der Waals surface area contributed by atoms with E-state index in [1.165, 1.54) is 0 Å². The third kappa shape index (κ3) is 2.79. The van der Waals surface area contributed by atoms with Crippen LogP contribution in [0.15, 0.2) is 53.3 Å². The molecule has 2 aromatic carbocycles. The van der Waals surface area contributed by atoms with E-state index in [0.717, 1.165) is 27.6 Å². The highest BCUT2D eigenvalue weighted by Gasteiger charge is 2.17. The number of ether oxygens (including phenoxy) is 1. The number of nitrogens with zero attached hydrogens (tertiary/aromatic N) is 1. The van der Waals surface area contributed by atoms with Gasteiger partial charge in [-0.3, -0.25) is 4.57 Å². The van der Waals surface area contributed by atoms with Crippen molar-refractivity contribution in [1.82, 2.24) is 14.5 Å². The number of hydrogen-bond donors (Lipinski definition) is 2. The lowest BCUT2D eigenvalue weighted by molar-refractivity contribution is 0.0497. The van der Waals surface area contributed by atoms with Crippen LogP contribution in [0, 0.1) is 6.92 Å². The number of aromatic nitrogens is 3. The zero-order valence-corrected chi connectivity index (χ0v) is 14.4. The van der Waals surface area contributed by atoms with E-state index in [9.17, 15) is 9.59 Å². The SMILES string of the molecule is Cc1[nH]c2ccccc2c1C(=O)OCCCn1c(=O)[nH]c2ccccc21. The Labute approximate surface area is 149 Å². The summed E-state index contributed by atoms with van der Waals surface area (Å²) in [5.74, 6) is -0.341. The smallest absolute Gasteiger partial charge is 0.340 e. The summed E-state index contributed by atoms with van der Waals surface area (Å²) in [5, 5.41) is 0.864. The van der Waals surface area contributed by atoms with Gasteiger partial charge in [-0.05, 0) is 31.5 Å². The summed E-state index contributed by atoms with van der Waals surface area (Å²) in [5.41, 5.74) is 3.81. The van der Waals surface area contributed by atoms with Gasteiger partial charge in [-0.2, -0.15) is 0 Å². The Hall–Kier alpha value is -3.28. The Morgan fingerprint density at radius 2 is 1.77 bits per heavy atom. The second kappa shape index (κ2) is 6.55. The van der Waals surface area contributed by atoms with Gasteiger partial charge in [-0.15, -0.1) is 0 Å². The van der Waals surface area contributed by atoms with Crippen molar-refractivity contribution < 1.29 is 9.53 Å². The van der Waals surface area contributed by atoms with Crippen molar-refractivity contribution >= 4 is 27.9 Å². The molecule has 0 amide bonds. The average molecular weight is 349 g/mol. The summed E-state index contributed by atoms with van der Waals surface area (Å²) in [7, 11) is 0. The first-order valence-electron chi connectivity index (χ1n) is 8.57. The predicted octanol–water partition coefficient (Wildman–Crippen LogP) is 3.37. The second-order valence-corrected chi connectivity index (χ2v) is 6.26. The van der Waals surface area contributed by atoms with Gasteiger partial charge >= 0.3 is 11.7 Å². The topological polar surface area (TPSA) is 79.9 Å². The summed E-state index contributed by atoms with van der Waals surface area (Å²) >= 11 is 0. The monoisotopic (exact) mass is 349 g/mol. The molecule has 4 rings (SSSR count).